The van der Waals surface area contributed by atoms with E-state index in [1.807, 2.05) is 43.3 Å². The topological polar surface area (TPSA) is 58.0 Å². The molecule has 4 heteroatoms. The molecule has 2 heterocycles. The van der Waals surface area contributed by atoms with Gasteiger partial charge in [-0.2, -0.15) is 0 Å². The molecule has 4 nitrogen and oxygen atoms in total. The number of pyridine rings is 2. The zero-order chi connectivity index (χ0) is 19.0. The summed E-state index contributed by atoms with van der Waals surface area (Å²) >= 11 is 0. The fraction of sp³-hybridized carbons (Fsp3) is 0.217. The summed E-state index contributed by atoms with van der Waals surface area (Å²) in [6.07, 6.45) is 7.94. The molecule has 2 unspecified atom stereocenters. The van der Waals surface area contributed by atoms with Crippen LogP contribution in [0.2, 0.25) is 0 Å². The molecule has 2 N–H and O–H groups in total. The molecular weight excluding hydrogens is 334 g/mol. The molecule has 2 aromatic heterocycles. The van der Waals surface area contributed by atoms with Crippen LogP contribution in [0.5, 0.6) is 5.75 Å². The smallest absolute Gasteiger partial charge is 0.147 e. The zero-order valence-corrected chi connectivity index (χ0v) is 15.8. The number of benzene rings is 1. The summed E-state index contributed by atoms with van der Waals surface area (Å²) in [5, 5.41) is 15.5. The van der Waals surface area contributed by atoms with Crippen LogP contribution in [0.15, 0.2) is 72.1 Å². The average molecular weight is 357 g/mol. The van der Waals surface area contributed by atoms with Crippen molar-refractivity contribution in [3.63, 3.8) is 0 Å². The summed E-state index contributed by atoms with van der Waals surface area (Å²) in [7, 11) is 0. The third-order valence-corrected chi connectivity index (χ3v) is 5.12. The number of hydrogen-bond donors (Lipinski definition) is 2. The molecule has 3 aromatic rings. The maximum Gasteiger partial charge on any atom is 0.147 e. The molecule has 0 saturated carbocycles. The van der Waals surface area contributed by atoms with Gasteiger partial charge < -0.3 is 10.4 Å². The molecule has 0 saturated heterocycles. The van der Waals surface area contributed by atoms with Crippen molar-refractivity contribution >= 4 is 16.7 Å². The SMILES string of the molecule is CC1=CC(C(Nc2cc(C)ccn2)c2ccc3cccnc3c2O)C(C)=C1. The molecule has 2 atom stereocenters. The maximum atomic E-state index is 11.0. The third-order valence-electron chi connectivity index (χ3n) is 5.12. The average Bonchev–Trinajstić information content (AvgIpc) is 2.99. The normalized spacial score (nSPS) is 17.5. The van der Waals surface area contributed by atoms with Crippen LogP contribution >= 0.6 is 0 Å². The highest BCUT2D eigenvalue weighted by Gasteiger charge is 2.29. The van der Waals surface area contributed by atoms with Crippen molar-refractivity contribution < 1.29 is 5.11 Å². The van der Waals surface area contributed by atoms with Gasteiger partial charge >= 0.3 is 0 Å². The minimum absolute atomic E-state index is 0.138. The standard InChI is InChI=1S/C23H23N3O/c1-14-8-10-24-20(13-14)26-22(19-12-15(2)11-16(19)3)18-7-6-17-5-4-9-25-21(17)23(18)27/h4-13,19,22,27H,1-3H3,(H,24,26). The van der Waals surface area contributed by atoms with Crippen LogP contribution < -0.4 is 5.32 Å². The first-order valence-corrected chi connectivity index (χ1v) is 9.15. The minimum Gasteiger partial charge on any atom is -0.505 e. The van der Waals surface area contributed by atoms with Crippen LogP contribution in [0.1, 0.15) is 31.0 Å². The summed E-state index contributed by atoms with van der Waals surface area (Å²) in [4.78, 5) is 8.85. The van der Waals surface area contributed by atoms with Crippen molar-refractivity contribution in [2.24, 2.45) is 5.92 Å². The number of allylic oxidation sites excluding steroid dienone is 2. The Balaban J connectivity index is 1.83. The van der Waals surface area contributed by atoms with Gasteiger partial charge in [0, 0.05) is 29.3 Å². The number of phenolic OH excluding ortho intramolecular Hbond substituents is 1. The first-order valence-electron chi connectivity index (χ1n) is 9.15. The van der Waals surface area contributed by atoms with E-state index >= 15 is 0 Å². The van der Waals surface area contributed by atoms with Gasteiger partial charge in [-0.15, -0.1) is 0 Å². The predicted octanol–water partition coefficient (Wildman–Crippen LogP) is 5.32. The van der Waals surface area contributed by atoms with E-state index < -0.39 is 0 Å². The van der Waals surface area contributed by atoms with Crippen LogP contribution in [0.3, 0.4) is 0 Å². The lowest BCUT2D eigenvalue weighted by atomic mass is 9.88. The lowest BCUT2D eigenvalue weighted by Crippen LogP contribution is -2.20. The van der Waals surface area contributed by atoms with Crippen LogP contribution in [0.4, 0.5) is 5.82 Å². The Hall–Kier alpha value is -3.14. The Morgan fingerprint density at radius 1 is 1.04 bits per heavy atom. The molecular formula is C23H23N3O. The van der Waals surface area contributed by atoms with Gasteiger partial charge in [0.15, 0.2) is 0 Å². The molecule has 0 fully saturated rings. The van der Waals surface area contributed by atoms with Gasteiger partial charge in [-0.25, -0.2) is 4.98 Å². The summed E-state index contributed by atoms with van der Waals surface area (Å²) < 4.78 is 0. The van der Waals surface area contributed by atoms with Gasteiger partial charge in [-0.3, -0.25) is 4.98 Å². The second-order valence-electron chi connectivity index (χ2n) is 7.24. The van der Waals surface area contributed by atoms with Gasteiger partial charge in [0.1, 0.15) is 17.1 Å². The van der Waals surface area contributed by atoms with Gasteiger partial charge in [0.2, 0.25) is 0 Å². The summed E-state index contributed by atoms with van der Waals surface area (Å²) in [6, 6.07) is 11.7. The van der Waals surface area contributed by atoms with Crippen molar-refractivity contribution in [2.75, 3.05) is 5.32 Å². The monoisotopic (exact) mass is 357 g/mol. The predicted molar refractivity (Wildman–Crippen MR) is 110 cm³/mol. The van der Waals surface area contributed by atoms with Gasteiger partial charge in [-0.1, -0.05) is 41.5 Å². The largest absolute Gasteiger partial charge is 0.505 e. The number of aryl methyl sites for hydroxylation is 1. The molecule has 0 spiro atoms. The van der Waals surface area contributed by atoms with Crippen molar-refractivity contribution in [3.05, 3.63) is 83.2 Å². The number of nitrogens with zero attached hydrogens (tertiary/aromatic N) is 2. The van der Waals surface area contributed by atoms with E-state index in [-0.39, 0.29) is 17.7 Å². The molecule has 1 aliphatic rings. The molecule has 0 amide bonds. The van der Waals surface area contributed by atoms with Crippen molar-refractivity contribution in [1.82, 2.24) is 9.97 Å². The summed E-state index contributed by atoms with van der Waals surface area (Å²) in [5.74, 6) is 1.16. The Bertz CT molecular complexity index is 1070. The Kier molecular flexibility index (Phi) is 4.40. The van der Waals surface area contributed by atoms with Gasteiger partial charge in [-0.05, 0) is 44.5 Å². The minimum atomic E-state index is -0.139. The van der Waals surface area contributed by atoms with Crippen molar-refractivity contribution in [2.45, 2.75) is 26.8 Å². The number of phenols is 1. The molecule has 1 aliphatic carbocycles. The molecule has 136 valence electrons. The molecule has 4 rings (SSSR count). The first-order chi connectivity index (χ1) is 13.0. The summed E-state index contributed by atoms with van der Waals surface area (Å²) in [6.45, 7) is 6.28. The van der Waals surface area contributed by atoms with E-state index in [2.05, 4.69) is 41.3 Å². The maximum absolute atomic E-state index is 11.0. The Morgan fingerprint density at radius 2 is 1.89 bits per heavy atom. The highest BCUT2D eigenvalue weighted by Crippen LogP contribution is 2.41. The molecule has 27 heavy (non-hydrogen) atoms. The van der Waals surface area contributed by atoms with E-state index in [1.54, 1.807) is 12.4 Å². The first kappa shape index (κ1) is 17.3. The van der Waals surface area contributed by atoms with Crippen LogP contribution in [0, 0.1) is 12.8 Å². The number of anilines is 1. The van der Waals surface area contributed by atoms with Crippen LogP contribution in [0.25, 0.3) is 10.9 Å². The van der Waals surface area contributed by atoms with Crippen LogP contribution in [-0.2, 0) is 0 Å². The summed E-state index contributed by atoms with van der Waals surface area (Å²) in [5.41, 5.74) is 5.09. The Labute approximate surface area is 159 Å². The van der Waals surface area contributed by atoms with E-state index in [0.717, 1.165) is 22.3 Å². The second kappa shape index (κ2) is 6.88. The fourth-order valence-electron chi connectivity index (χ4n) is 3.81. The lowest BCUT2D eigenvalue weighted by molar-refractivity contribution is 0.463. The van der Waals surface area contributed by atoms with Crippen LogP contribution in [-0.4, -0.2) is 15.1 Å². The molecule has 0 aliphatic heterocycles. The highest BCUT2D eigenvalue weighted by atomic mass is 16.3. The quantitative estimate of drug-likeness (QED) is 0.663. The fourth-order valence-corrected chi connectivity index (χ4v) is 3.81. The number of aromatic nitrogens is 2. The number of aromatic hydroxyl groups is 1. The Morgan fingerprint density at radius 3 is 2.63 bits per heavy atom. The number of hydrogen-bond acceptors (Lipinski definition) is 4. The van der Waals surface area contributed by atoms with E-state index in [1.165, 1.54) is 11.1 Å². The third kappa shape index (κ3) is 3.31. The number of rotatable bonds is 4. The lowest BCUT2D eigenvalue weighted by Gasteiger charge is -2.27. The van der Waals surface area contributed by atoms with Crippen molar-refractivity contribution in [3.8, 4) is 5.75 Å². The number of nitrogens with one attached hydrogen (secondary N) is 1. The van der Waals surface area contributed by atoms with E-state index in [0.29, 0.717) is 5.52 Å². The second-order valence-corrected chi connectivity index (χ2v) is 7.24. The van der Waals surface area contributed by atoms with Gasteiger partial charge in [0.25, 0.3) is 0 Å². The van der Waals surface area contributed by atoms with E-state index in [4.69, 9.17) is 0 Å². The van der Waals surface area contributed by atoms with Gasteiger partial charge in [0.05, 0.1) is 6.04 Å². The molecule has 0 bridgehead atoms. The molecule has 1 aromatic carbocycles. The highest BCUT2D eigenvalue weighted by molar-refractivity contribution is 5.85. The van der Waals surface area contributed by atoms with Crippen molar-refractivity contribution in [1.29, 1.82) is 0 Å². The zero-order valence-electron chi connectivity index (χ0n) is 15.8. The van der Waals surface area contributed by atoms with E-state index in [9.17, 15) is 5.11 Å². The molecule has 0 radical (unpaired) electrons. The number of fused-ring (bicyclic) bond motifs is 1.